The van der Waals surface area contributed by atoms with Gasteiger partial charge < -0.3 is 14.4 Å². The molecule has 0 N–H and O–H groups in total. The molecule has 6 nitrogen and oxygen atoms in total. The number of methoxy groups -OCH3 is 1. The van der Waals surface area contributed by atoms with Gasteiger partial charge in [-0.05, 0) is 26.2 Å². The molecule has 0 bridgehead atoms. The number of thiocarbonyl (C=S) groups is 1. The molecule has 0 radical (unpaired) electrons. The zero-order valence-corrected chi connectivity index (χ0v) is 16.7. The van der Waals surface area contributed by atoms with Gasteiger partial charge in [-0.2, -0.15) is 0 Å². The van der Waals surface area contributed by atoms with Gasteiger partial charge in [-0.3, -0.25) is 14.5 Å². The first-order valence-corrected chi connectivity index (χ1v) is 9.33. The number of rotatable bonds is 8. The first-order chi connectivity index (χ1) is 12.4. The van der Waals surface area contributed by atoms with Gasteiger partial charge in [0.1, 0.15) is 16.7 Å². The van der Waals surface area contributed by atoms with E-state index in [2.05, 4.69) is 0 Å². The second-order valence-corrected chi connectivity index (χ2v) is 7.52. The van der Waals surface area contributed by atoms with Crippen molar-refractivity contribution >= 4 is 46.3 Å². The van der Waals surface area contributed by atoms with Crippen LogP contribution in [0.1, 0.15) is 12.0 Å². The molecule has 0 spiro atoms. The molecule has 26 heavy (non-hydrogen) atoms. The van der Waals surface area contributed by atoms with E-state index in [0.717, 1.165) is 5.56 Å². The smallest absolute Gasteiger partial charge is 0.307 e. The van der Waals surface area contributed by atoms with E-state index in [4.69, 9.17) is 21.7 Å². The van der Waals surface area contributed by atoms with Crippen molar-refractivity contribution in [3.63, 3.8) is 0 Å². The summed E-state index contributed by atoms with van der Waals surface area (Å²) in [6.07, 6.45) is 1.87. The molecule has 0 aliphatic carbocycles. The zero-order valence-electron chi connectivity index (χ0n) is 15.1. The van der Waals surface area contributed by atoms with Gasteiger partial charge in [-0.1, -0.05) is 42.2 Å². The van der Waals surface area contributed by atoms with Gasteiger partial charge in [0.25, 0.3) is 5.91 Å². The van der Waals surface area contributed by atoms with Gasteiger partial charge in [0, 0.05) is 18.7 Å². The molecule has 1 heterocycles. The monoisotopic (exact) mass is 394 g/mol. The average Bonchev–Trinajstić information content (AvgIpc) is 2.86. The molecule has 1 aromatic carbocycles. The van der Waals surface area contributed by atoms with Gasteiger partial charge in [0.15, 0.2) is 0 Å². The lowest BCUT2D eigenvalue weighted by molar-refractivity contribution is -0.144. The molecular weight excluding hydrogens is 372 g/mol. The molecule has 1 aliphatic heterocycles. The number of amides is 1. The molecule has 1 aliphatic rings. The highest BCUT2D eigenvalue weighted by Crippen LogP contribution is 2.34. The van der Waals surface area contributed by atoms with Crippen molar-refractivity contribution in [1.29, 1.82) is 0 Å². The van der Waals surface area contributed by atoms with Crippen LogP contribution in [0, 0.1) is 0 Å². The standard InChI is InChI=1S/C18H22N2O4S2/c1-19(2)10-11-24-16(21)8-9-20-17(22)15(26-18(20)25)12-13-6-4-5-7-14(13)23-3/h4-7,12H,8-11H2,1-3H3/b15-12-. The Morgan fingerprint density at radius 2 is 2.08 bits per heavy atom. The normalized spacial score (nSPS) is 15.8. The maximum Gasteiger partial charge on any atom is 0.307 e. The Bertz CT molecular complexity index is 719. The van der Waals surface area contributed by atoms with Crippen LogP contribution in [0.5, 0.6) is 5.75 Å². The molecule has 0 aromatic heterocycles. The number of nitrogens with zero attached hydrogens (tertiary/aromatic N) is 2. The number of benzene rings is 1. The van der Waals surface area contributed by atoms with Gasteiger partial charge in [0.05, 0.1) is 18.4 Å². The van der Waals surface area contributed by atoms with Crippen LogP contribution in [0.25, 0.3) is 6.08 Å². The lowest BCUT2D eigenvalue weighted by Crippen LogP contribution is -2.31. The number of carbonyl (C=O) groups is 2. The second-order valence-electron chi connectivity index (χ2n) is 5.85. The highest BCUT2D eigenvalue weighted by molar-refractivity contribution is 8.26. The van der Waals surface area contributed by atoms with Crippen molar-refractivity contribution in [2.24, 2.45) is 0 Å². The van der Waals surface area contributed by atoms with Gasteiger partial charge >= 0.3 is 5.97 Å². The molecule has 140 valence electrons. The lowest BCUT2D eigenvalue weighted by Gasteiger charge is -2.14. The van der Waals surface area contributed by atoms with Crippen LogP contribution >= 0.6 is 24.0 Å². The molecule has 1 aromatic rings. The third-order valence-corrected chi connectivity index (χ3v) is 5.02. The van der Waals surface area contributed by atoms with Crippen molar-refractivity contribution in [3.8, 4) is 5.75 Å². The third-order valence-electron chi connectivity index (χ3n) is 3.64. The molecule has 8 heteroatoms. The molecule has 1 amide bonds. The number of hydrogen-bond donors (Lipinski definition) is 0. The van der Waals surface area contributed by atoms with E-state index in [1.165, 1.54) is 16.7 Å². The van der Waals surface area contributed by atoms with E-state index in [-0.39, 0.29) is 24.8 Å². The average molecular weight is 395 g/mol. The van der Waals surface area contributed by atoms with E-state index >= 15 is 0 Å². The largest absolute Gasteiger partial charge is 0.496 e. The zero-order chi connectivity index (χ0) is 19.1. The first-order valence-electron chi connectivity index (χ1n) is 8.11. The van der Waals surface area contributed by atoms with Crippen LogP contribution in [0.15, 0.2) is 29.2 Å². The molecular formula is C18H22N2O4S2. The summed E-state index contributed by atoms with van der Waals surface area (Å²) in [7, 11) is 5.39. The summed E-state index contributed by atoms with van der Waals surface area (Å²) in [6.45, 7) is 1.21. The highest BCUT2D eigenvalue weighted by Gasteiger charge is 2.32. The Labute approximate surface area is 163 Å². The number of ether oxygens (including phenoxy) is 2. The quantitative estimate of drug-likeness (QED) is 0.381. The Morgan fingerprint density at radius 1 is 1.35 bits per heavy atom. The molecule has 2 rings (SSSR count). The van der Waals surface area contributed by atoms with Gasteiger partial charge in [-0.25, -0.2) is 0 Å². The van der Waals surface area contributed by atoms with Crippen LogP contribution in [-0.2, 0) is 14.3 Å². The SMILES string of the molecule is COc1ccccc1/C=C1\SC(=S)N(CCC(=O)OCCN(C)C)C1=O. The second kappa shape index (κ2) is 9.70. The van der Waals surface area contributed by atoms with Crippen molar-refractivity contribution in [2.45, 2.75) is 6.42 Å². The fourth-order valence-electron chi connectivity index (χ4n) is 2.24. The Balaban J connectivity index is 1.96. The lowest BCUT2D eigenvalue weighted by atomic mass is 10.2. The van der Waals surface area contributed by atoms with E-state index in [9.17, 15) is 9.59 Å². The van der Waals surface area contributed by atoms with Crippen LogP contribution < -0.4 is 4.74 Å². The van der Waals surface area contributed by atoms with Crippen molar-refractivity contribution in [2.75, 3.05) is 40.9 Å². The van der Waals surface area contributed by atoms with Crippen LogP contribution in [0.4, 0.5) is 0 Å². The fraction of sp³-hybridized carbons (Fsp3) is 0.389. The highest BCUT2D eigenvalue weighted by atomic mass is 32.2. The molecule has 1 fully saturated rings. The van der Waals surface area contributed by atoms with Gasteiger partial charge in [0.2, 0.25) is 0 Å². The summed E-state index contributed by atoms with van der Waals surface area (Å²) < 4.78 is 10.9. The minimum Gasteiger partial charge on any atom is -0.496 e. The fourth-order valence-corrected chi connectivity index (χ4v) is 3.54. The Hall–Kier alpha value is -1.90. The summed E-state index contributed by atoms with van der Waals surface area (Å²) in [6, 6.07) is 7.44. The van der Waals surface area contributed by atoms with Crippen LogP contribution in [0.2, 0.25) is 0 Å². The van der Waals surface area contributed by atoms with Gasteiger partial charge in [-0.15, -0.1) is 0 Å². The van der Waals surface area contributed by atoms with Crippen molar-refractivity contribution in [1.82, 2.24) is 9.80 Å². The predicted octanol–water partition coefficient (Wildman–Crippen LogP) is 2.39. The Kier molecular flexibility index (Phi) is 7.62. The minimum atomic E-state index is -0.338. The predicted molar refractivity (Wildman–Crippen MR) is 107 cm³/mol. The van der Waals surface area contributed by atoms with Crippen molar-refractivity contribution in [3.05, 3.63) is 34.7 Å². The number of likely N-dealkylation sites (N-methyl/N-ethyl adjacent to an activating group) is 1. The summed E-state index contributed by atoms with van der Waals surface area (Å²) in [5.74, 6) is 0.142. The maximum absolute atomic E-state index is 12.6. The number of para-hydroxylation sites is 1. The molecule has 0 atom stereocenters. The minimum absolute atomic E-state index is 0.113. The first kappa shape index (κ1) is 20.4. The summed E-state index contributed by atoms with van der Waals surface area (Å²) in [5, 5.41) is 0. The third kappa shape index (κ3) is 5.55. The van der Waals surface area contributed by atoms with Crippen molar-refractivity contribution < 1.29 is 19.1 Å². The maximum atomic E-state index is 12.6. The number of hydrogen-bond acceptors (Lipinski definition) is 7. The molecule has 1 saturated heterocycles. The van der Waals surface area contributed by atoms with E-state index in [1.807, 2.05) is 43.3 Å². The topological polar surface area (TPSA) is 59.1 Å². The number of carbonyl (C=O) groups excluding carboxylic acids is 2. The number of esters is 1. The van der Waals surface area contributed by atoms with E-state index in [1.54, 1.807) is 13.2 Å². The summed E-state index contributed by atoms with van der Waals surface area (Å²) in [4.78, 5) is 28.3. The summed E-state index contributed by atoms with van der Waals surface area (Å²) >= 11 is 6.51. The van der Waals surface area contributed by atoms with E-state index in [0.29, 0.717) is 28.1 Å². The van der Waals surface area contributed by atoms with Crippen LogP contribution in [-0.4, -0.2) is 66.9 Å². The molecule has 0 saturated carbocycles. The van der Waals surface area contributed by atoms with E-state index < -0.39 is 0 Å². The number of thioether (sulfide) groups is 1. The Morgan fingerprint density at radius 3 is 2.77 bits per heavy atom. The molecule has 0 unspecified atom stereocenters. The summed E-state index contributed by atoms with van der Waals surface area (Å²) in [5.41, 5.74) is 0.804. The van der Waals surface area contributed by atoms with Crippen LogP contribution in [0.3, 0.4) is 0 Å².